The van der Waals surface area contributed by atoms with Gasteiger partial charge in [0.2, 0.25) is 5.91 Å². The van der Waals surface area contributed by atoms with Crippen LogP contribution in [0.15, 0.2) is 0 Å². The predicted octanol–water partition coefficient (Wildman–Crippen LogP) is -1.28. The van der Waals surface area contributed by atoms with Crippen LogP contribution in [0.25, 0.3) is 0 Å². The van der Waals surface area contributed by atoms with E-state index in [1.807, 2.05) is 0 Å². The van der Waals surface area contributed by atoms with Crippen molar-refractivity contribution >= 4 is 16.1 Å². The average molecular weight is 391 g/mol. The molecule has 1 amide bonds. The van der Waals surface area contributed by atoms with Crippen molar-refractivity contribution in [1.82, 2.24) is 18.8 Å². The Morgan fingerprint density at radius 3 is 2.31 bits per heavy atom. The summed E-state index contributed by atoms with van der Waals surface area (Å²) in [5.41, 5.74) is 0. The Labute approximate surface area is 155 Å². The minimum absolute atomic E-state index is 0.0415. The van der Waals surface area contributed by atoms with Gasteiger partial charge in [-0.05, 0) is 12.8 Å². The molecule has 3 saturated heterocycles. The number of carbonyl (C=O) groups is 1. The molecule has 3 rings (SSSR count). The summed E-state index contributed by atoms with van der Waals surface area (Å²) in [5.74, 6) is -0.315. The highest BCUT2D eigenvalue weighted by molar-refractivity contribution is 7.86. The number of hydrogen-bond donors (Lipinski definition) is 1. The molecule has 0 aliphatic carbocycles. The van der Waals surface area contributed by atoms with Crippen LogP contribution < -0.4 is 5.32 Å². The largest absolute Gasteiger partial charge is 0.379 e. The van der Waals surface area contributed by atoms with E-state index in [1.54, 1.807) is 0 Å². The van der Waals surface area contributed by atoms with Crippen molar-refractivity contribution < 1.29 is 22.7 Å². The number of amides is 1. The minimum Gasteiger partial charge on any atom is -0.379 e. The van der Waals surface area contributed by atoms with Gasteiger partial charge in [0.1, 0.15) is 0 Å². The lowest BCUT2D eigenvalue weighted by Gasteiger charge is -2.36. The molecule has 0 spiro atoms. The van der Waals surface area contributed by atoms with E-state index in [0.29, 0.717) is 45.8 Å². The second-order valence-corrected chi connectivity index (χ2v) is 8.89. The number of nitrogens with zero attached hydrogens (tertiary/aromatic N) is 3. The number of morpholine rings is 2. The maximum atomic E-state index is 12.8. The lowest BCUT2D eigenvalue weighted by Crippen LogP contribution is -2.53. The normalized spacial score (nSPS) is 27.3. The fourth-order valence-corrected chi connectivity index (χ4v) is 5.28. The molecule has 3 aliphatic rings. The minimum atomic E-state index is -3.50. The number of carbonyl (C=O) groups excluding carboxylic acids is 1. The zero-order chi connectivity index (χ0) is 18.4. The van der Waals surface area contributed by atoms with E-state index < -0.39 is 10.2 Å². The molecule has 10 heteroatoms. The second-order valence-electron chi connectivity index (χ2n) is 6.96. The van der Waals surface area contributed by atoms with Crippen molar-refractivity contribution in [2.45, 2.75) is 12.8 Å². The maximum absolute atomic E-state index is 12.8. The molecule has 150 valence electrons. The molecular formula is C16H30N4O5S. The molecule has 0 bridgehead atoms. The van der Waals surface area contributed by atoms with Crippen LogP contribution in [-0.2, 0) is 24.5 Å². The van der Waals surface area contributed by atoms with Crippen LogP contribution in [0.3, 0.4) is 0 Å². The first-order chi connectivity index (χ1) is 12.6. The molecule has 0 saturated carbocycles. The molecule has 1 atom stereocenters. The van der Waals surface area contributed by atoms with E-state index in [4.69, 9.17) is 9.47 Å². The smallest absolute Gasteiger partial charge is 0.282 e. The monoisotopic (exact) mass is 390 g/mol. The molecule has 0 radical (unpaired) electrons. The number of ether oxygens (including phenoxy) is 2. The summed E-state index contributed by atoms with van der Waals surface area (Å²) >= 11 is 0. The van der Waals surface area contributed by atoms with Crippen LogP contribution in [-0.4, -0.2) is 107 Å². The van der Waals surface area contributed by atoms with Crippen LogP contribution in [0, 0.1) is 5.92 Å². The quantitative estimate of drug-likeness (QED) is 0.608. The zero-order valence-corrected chi connectivity index (χ0v) is 16.1. The van der Waals surface area contributed by atoms with E-state index in [0.717, 1.165) is 39.3 Å². The van der Waals surface area contributed by atoms with Gasteiger partial charge in [0.15, 0.2) is 0 Å². The molecular weight excluding hydrogens is 360 g/mol. The zero-order valence-electron chi connectivity index (χ0n) is 15.3. The maximum Gasteiger partial charge on any atom is 0.282 e. The molecule has 3 heterocycles. The summed E-state index contributed by atoms with van der Waals surface area (Å²) in [6.45, 7) is 7.04. The summed E-state index contributed by atoms with van der Waals surface area (Å²) in [6.07, 6.45) is 1.45. The second kappa shape index (κ2) is 9.43. The summed E-state index contributed by atoms with van der Waals surface area (Å²) in [4.78, 5) is 14.7. The van der Waals surface area contributed by atoms with Crippen molar-refractivity contribution in [3.63, 3.8) is 0 Å². The van der Waals surface area contributed by atoms with E-state index in [2.05, 4.69) is 10.2 Å². The molecule has 0 aromatic rings. The standard InChI is InChI=1S/C16H30N4O5S/c21-16(17-3-5-18-6-10-24-11-7-18)15-2-1-4-20(14-15)26(22,23)19-8-12-25-13-9-19/h15H,1-14H2,(H,17,21)/t15-/m1/s1. The highest BCUT2D eigenvalue weighted by Crippen LogP contribution is 2.22. The Balaban J connectivity index is 1.46. The molecule has 0 unspecified atom stereocenters. The van der Waals surface area contributed by atoms with Gasteiger partial charge in [-0.2, -0.15) is 17.0 Å². The van der Waals surface area contributed by atoms with Gasteiger partial charge >= 0.3 is 0 Å². The predicted molar refractivity (Wildman–Crippen MR) is 95.9 cm³/mol. The third-order valence-corrected chi connectivity index (χ3v) is 7.21. The lowest BCUT2D eigenvalue weighted by molar-refractivity contribution is -0.126. The van der Waals surface area contributed by atoms with Crippen LogP contribution in [0.4, 0.5) is 0 Å². The third kappa shape index (κ3) is 5.14. The Morgan fingerprint density at radius 2 is 1.62 bits per heavy atom. The van der Waals surface area contributed by atoms with Crippen molar-refractivity contribution in [3.05, 3.63) is 0 Å². The highest BCUT2D eigenvalue weighted by Gasteiger charge is 2.36. The SMILES string of the molecule is O=C(NCCN1CCOCC1)[C@@H]1CCCN(S(=O)(=O)N2CCOCC2)C1. The van der Waals surface area contributed by atoms with E-state index >= 15 is 0 Å². The number of nitrogens with one attached hydrogen (secondary N) is 1. The van der Waals surface area contributed by atoms with Gasteiger partial charge in [0, 0.05) is 52.4 Å². The number of piperidine rings is 1. The van der Waals surface area contributed by atoms with Crippen molar-refractivity contribution in [3.8, 4) is 0 Å². The van der Waals surface area contributed by atoms with Gasteiger partial charge in [-0.3, -0.25) is 9.69 Å². The third-order valence-electron chi connectivity index (χ3n) is 5.21. The van der Waals surface area contributed by atoms with Gasteiger partial charge in [0.25, 0.3) is 10.2 Å². The van der Waals surface area contributed by atoms with E-state index in [9.17, 15) is 13.2 Å². The van der Waals surface area contributed by atoms with Crippen LogP contribution in [0.1, 0.15) is 12.8 Å². The number of hydrogen-bond acceptors (Lipinski definition) is 6. The lowest BCUT2D eigenvalue weighted by atomic mass is 9.99. The summed E-state index contributed by atoms with van der Waals surface area (Å²) in [6, 6.07) is 0. The Bertz CT molecular complexity index is 561. The summed E-state index contributed by atoms with van der Waals surface area (Å²) < 4.78 is 39.0. The van der Waals surface area contributed by atoms with Gasteiger partial charge in [-0.15, -0.1) is 0 Å². The summed E-state index contributed by atoms with van der Waals surface area (Å²) in [5, 5.41) is 2.97. The molecule has 3 fully saturated rings. The van der Waals surface area contributed by atoms with Crippen LogP contribution in [0.2, 0.25) is 0 Å². The topological polar surface area (TPSA) is 91.4 Å². The Kier molecular flexibility index (Phi) is 7.24. The Hall–Kier alpha value is -0.780. The summed E-state index contributed by atoms with van der Waals surface area (Å²) in [7, 11) is -3.50. The molecule has 9 nitrogen and oxygen atoms in total. The molecule has 3 aliphatic heterocycles. The first-order valence-electron chi connectivity index (χ1n) is 9.48. The van der Waals surface area contributed by atoms with E-state index in [1.165, 1.54) is 8.61 Å². The molecule has 26 heavy (non-hydrogen) atoms. The van der Waals surface area contributed by atoms with Gasteiger partial charge in [-0.1, -0.05) is 0 Å². The van der Waals surface area contributed by atoms with E-state index in [-0.39, 0.29) is 18.4 Å². The Morgan fingerprint density at radius 1 is 0.962 bits per heavy atom. The van der Waals surface area contributed by atoms with Gasteiger partial charge in [-0.25, -0.2) is 0 Å². The van der Waals surface area contributed by atoms with Crippen molar-refractivity contribution in [1.29, 1.82) is 0 Å². The van der Waals surface area contributed by atoms with Crippen molar-refractivity contribution in [2.75, 3.05) is 78.8 Å². The molecule has 0 aromatic heterocycles. The van der Waals surface area contributed by atoms with Gasteiger partial charge in [0.05, 0.1) is 32.3 Å². The van der Waals surface area contributed by atoms with Crippen molar-refractivity contribution in [2.24, 2.45) is 5.92 Å². The highest BCUT2D eigenvalue weighted by atomic mass is 32.2. The van der Waals surface area contributed by atoms with Gasteiger partial charge < -0.3 is 14.8 Å². The molecule has 1 N–H and O–H groups in total. The first-order valence-corrected chi connectivity index (χ1v) is 10.9. The average Bonchev–Trinajstić information content (AvgIpc) is 2.69. The fraction of sp³-hybridized carbons (Fsp3) is 0.938. The number of rotatable bonds is 6. The van der Waals surface area contributed by atoms with Crippen LogP contribution >= 0.6 is 0 Å². The van der Waals surface area contributed by atoms with Crippen LogP contribution in [0.5, 0.6) is 0 Å². The fourth-order valence-electron chi connectivity index (χ4n) is 3.61. The first kappa shape index (κ1) is 20.0. The molecule has 0 aromatic carbocycles.